The number of anilines is 1. The molecule has 3 N–H and O–H groups in total. The lowest BCUT2D eigenvalue weighted by Gasteiger charge is -2.03. The van der Waals surface area contributed by atoms with Crippen molar-refractivity contribution in [1.29, 1.82) is 0 Å². The van der Waals surface area contributed by atoms with Crippen LogP contribution in [0.1, 0.15) is 4.88 Å². The normalized spacial score (nSPS) is 10.1. The Morgan fingerprint density at radius 2 is 2.12 bits per heavy atom. The van der Waals surface area contributed by atoms with Crippen molar-refractivity contribution in [3.8, 4) is 5.75 Å². The van der Waals surface area contributed by atoms with E-state index in [4.69, 9.17) is 22.2 Å². The molecule has 0 aliphatic rings. The first kappa shape index (κ1) is 11.2. The molecule has 2 aromatic rings. The minimum Gasteiger partial charge on any atom is -0.488 e. The van der Waals surface area contributed by atoms with Gasteiger partial charge in [0.1, 0.15) is 12.4 Å². The van der Waals surface area contributed by atoms with Gasteiger partial charge in [0, 0.05) is 11.2 Å². The Kier molecular flexibility index (Phi) is 3.61. The summed E-state index contributed by atoms with van der Waals surface area (Å²) in [6.45, 7) is 0.473. The lowest BCUT2D eigenvalue weighted by atomic mass is 10.3. The number of nitrogen functional groups attached to an aromatic ring is 1. The van der Waals surface area contributed by atoms with Crippen LogP contribution in [0.4, 0.5) is 5.13 Å². The van der Waals surface area contributed by atoms with Crippen LogP contribution < -0.4 is 16.0 Å². The topological polar surface area (TPSA) is 60.2 Å². The zero-order valence-corrected chi connectivity index (χ0v) is 9.89. The maximum absolute atomic E-state index is 5.77. The van der Waals surface area contributed by atoms with Crippen molar-refractivity contribution in [3.05, 3.63) is 40.4 Å². The molecule has 84 valence electrons. The van der Waals surface area contributed by atoms with Crippen LogP contribution in [0.5, 0.6) is 5.75 Å². The zero-order valence-electron chi connectivity index (χ0n) is 8.31. The van der Waals surface area contributed by atoms with Gasteiger partial charge in [0.05, 0.1) is 4.88 Å². The van der Waals surface area contributed by atoms with Crippen molar-refractivity contribution < 1.29 is 4.74 Å². The highest BCUT2D eigenvalue weighted by molar-refractivity contribution is 7.15. The third kappa shape index (κ3) is 2.85. The average molecular weight is 256 g/mol. The molecule has 6 heteroatoms. The molecule has 0 saturated carbocycles. The van der Waals surface area contributed by atoms with Gasteiger partial charge >= 0.3 is 0 Å². The highest BCUT2D eigenvalue weighted by Gasteiger charge is 2.01. The fourth-order valence-electron chi connectivity index (χ4n) is 1.13. The standard InChI is InChI=1S/C10H10ClN3OS/c11-7-1-3-8(4-2-7)15-6-9-5-13-10(14-12)16-9/h1-5H,6,12H2,(H,13,14). The second kappa shape index (κ2) is 5.16. The summed E-state index contributed by atoms with van der Waals surface area (Å²) in [7, 11) is 0. The number of nitrogens with one attached hydrogen (secondary N) is 1. The number of benzene rings is 1. The molecule has 4 nitrogen and oxygen atoms in total. The Hall–Kier alpha value is -1.30. The number of halogens is 1. The van der Waals surface area contributed by atoms with Crippen LogP contribution in [-0.2, 0) is 6.61 Å². The second-order valence-corrected chi connectivity index (χ2v) is 4.57. The molecule has 2 rings (SSSR count). The summed E-state index contributed by atoms with van der Waals surface area (Å²) in [5.74, 6) is 6.01. The van der Waals surface area contributed by atoms with Crippen LogP contribution >= 0.6 is 22.9 Å². The molecule has 0 unspecified atom stereocenters. The third-order valence-corrected chi connectivity index (χ3v) is 3.03. The highest BCUT2D eigenvalue weighted by atomic mass is 35.5. The van der Waals surface area contributed by atoms with Gasteiger partial charge in [0.2, 0.25) is 0 Å². The molecule has 0 aliphatic heterocycles. The number of hydrogen-bond donors (Lipinski definition) is 2. The minimum atomic E-state index is 0.473. The molecule has 0 aliphatic carbocycles. The third-order valence-electron chi connectivity index (χ3n) is 1.87. The van der Waals surface area contributed by atoms with Gasteiger partial charge in [-0.1, -0.05) is 22.9 Å². The first-order valence-electron chi connectivity index (χ1n) is 4.57. The quantitative estimate of drug-likeness (QED) is 0.651. The van der Waals surface area contributed by atoms with Gasteiger partial charge in [-0.2, -0.15) is 0 Å². The fraction of sp³-hybridized carbons (Fsp3) is 0.100. The number of ether oxygens (including phenoxy) is 1. The number of hydrazine groups is 1. The van der Waals surface area contributed by atoms with Gasteiger partial charge in [-0.15, -0.1) is 0 Å². The molecule has 0 bridgehead atoms. The molecule has 0 radical (unpaired) electrons. The van der Waals surface area contributed by atoms with E-state index < -0.39 is 0 Å². The molecule has 16 heavy (non-hydrogen) atoms. The van der Waals surface area contributed by atoms with Gasteiger partial charge in [0.15, 0.2) is 5.13 Å². The average Bonchev–Trinajstić information content (AvgIpc) is 2.76. The maximum atomic E-state index is 5.77. The number of thiazole rings is 1. The van der Waals surface area contributed by atoms with E-state index in [2.05, 4.69) is 10.4 Å². The van der Waals surface area contributed by atoms with Crippen molar-refractivity contribution >= 4 is 28.1 Å². The summed E-state index contributed by atoms with van der Waals surface area (Å²) < 4.78 is 5.55. The van der Waals surface area contributed by atoms with Crippen LogP contribution in [-0.4, -0.2) is 4.98 Å². The summed E-state index contributed by atoms with van der Waals surface area (Å²) in [5, 5.41) is 1.37. The molecule has 0 amide bonds. The number of nitrogens with zero attached hydrogens (tertiary/aromatic N) is 1. The van der Waals surface area contributed by atoms with Gasteiger partial charge < -0.3 is 4.74 Å². The van der Waals surface area contributed by atoms with Crippen LogP contribution in [0, 0.1) is 0 Å². The van der Waals surface area contributed by atoms with E-state index in [0.717, 1.165) is 10.6 Å². The molecule has 0 saturated heterocycles. The second-order valence-electron chi connectivity index (χ2n) is 3.02. The van der Waals surface area contributed by atoms with Crippen molar-refractivity contribution in [2.24, 2.45) is 5.84 Å². The number of aromatic nitrogens is 1. The summed E-state index contributed by atoms with van der Waals surface area (Å²) in [6.07, 6.45) is 1.73. The van der Waals surface area contributed by atoms with Crippen molar-refractivity contribution in [3.63, 3.8) is 0 Å². The SMILES string of the molecule is NNc1ncc(COc2ccc(Cl)cc2)s1. The van der Waals surface area contributed by atoms with Gasteiger partial charge in [-0.05, 0) is 24.3 Å². The predicted molar refractivity (Wildman–Crippen MR) is 65.7 cm³/mol. The Morgan fingerprint density at radius 1 is 1.38 bits per heavy atom. The van der Waals surface area contributed by atoms with Gasteiger partial charge in [0.25, 0.3) is 0 Å². The molecule has 1 aromatic heterocycles. The van der Waals surface area contributed by atoms with E-state index >= 15 is 0 Å². The Morgan fingerprint density at radius 3 is 2.75 bits per heavy atom. The van der Waals surface area contributed by atoms with E-state index in [1.165, 1.54) is 11.3 Å². The predicted octanol–water partition coefficient (Wildman–Crippen LogP) is 2.66. The van der Waals surface area contributed by atoms with E-state index in [9.17, 15) is 0 Å². The van der Waals surface area contributed by atoms with Crippen LogP contribution in [0.15, 0.2) is 30.5 Å². The lowest BCUT2D eigenvalue weighted by Crippen LogP contribution is -2.05. The maximum Gasteiger partial charge on any atom is 0.197 e. The van der Waals surface area contributed by atoms with Crippen LogP contribution in [0.2, 0.25) is 5.02 Å². The molecule has 0 atom stereocenters. The molecular formula is C10H10ClN3OS. The van der Waals surface area contributed by atoms with Gasteiger partial charge in [-0.25, -0.2) is 10.8 Å². The molecule has 1 heterocycles. The summed E-state index contributed by atoms with van der Waals surface area (Å²) in [5.41, 5.74) is 2.49. The molecule has 1 aromatic carbocycles. The van der Waals surface area contributed by atoms with E-state index in [1.807, 2.05) is 12.1 Å². The number of nitrogens with two attached hydrogens (primary N) is 1. The first-order chi connectivity index (χ1) is 7.78. The summed E-state index contributed by atoms with van der Waals surface area (Å²) >= 11 is 7.22. The monoisotopic (exact) mass is 255 g/mol. The number of hydrogen-bond acceptors (Lipinski definition) is 5. The van der Waals surface area contributed by atoms with Gasteiger partial charge in [-0.3, -0.25) is 5.43 Å². The smallest absolute Gasteiger partial charge is 0.197 e. The Labute approximate surface area is 102 Å². The molecular weight excluding hydrogens is 246 g/mol. The molecule has 0 spiro atoms. The zero-order chi connectivity index (χ0) is 11.4. The Balaban J connectivity index is 1.94. The largest absolute Gasteiger partial charge is 0.488 e. The fourth-order valence-corrected chi connectivity index (χ4v) is 1.89. The molecule has 0 fully saturated rings. The van der Waals surface area contributed by atoms with E-state index in [1.54, 1.807) is 18.3 Å². The van der Waals surface area contributed by atoms with Crippen molar-refractivity contribution in [1.82, 2.24) is 4.98 Å². The summed E-state index contributed by atoms with van der Waals surface area (Å²) in [6, 6.07) is 7.23. The minimum absolute atomic E-state index is 0.473. The first-order valence-corrected chi connectivity index (χ1v) is 5.77. The van der Waals surface area contributed by atoms with E-state index in [-0.39, 0.29) is 0 Å². The lowest BCUT2D eigenvalue weighted by molar-refractivity contribution is 0.309. The number of rotatable bonds is 4. The van der Waals surface area contributed by atoms with Crippen molar-refractivity contribution in [2.45, 2.75) is 6.61 Å². The van der Waals surface area contributed by atoms with Crippen molar-refractivity contribution in [2.75, 3.05) is 5.43 Å². The van der Waals surface area contributed by atoms with Crippen LogP contribution in [0.3, 0.4) is 0 Å². The van der Waals surface area contributed by atoms with Crippen LogP contribution in [0.25, 0.3) is 0 Å². The highest BCUT2D eigenvalue weighted by Crippen LogP contribution is 2.20. The van der Waals surface area contributed by atoms with E-state index in [0.29, 0.717) is 16.8 Å². The summed E-state index contributed by atoms with van der Waals surface area (Å²) in [4.78, 5) is 5.05. The Bertz CT molecular complexity index is 457.